The normalized spacial score (nSPS) is 17.0. The molecule has 0 atom stereocenters. The maximum atomic E-state index is 13.2. The van der Waals surface area contributed by atoms with Crippen molar-refractivity contribution in [1.29, 1.82) is 0 Å². The molecule has 2 aromatic heterocycles. The molecule has 0 unspecified atom stereocenters. The second kappa shape index (κ2) is 9.22. The second-order valence-corrected chi connectivity index (χ2v) is 8.65. The monoisotopic (exact) mass is 453 g/mol. The Kier molecular flexibility index (Phi) is 6.00. The van der Waals surface area contributed by atoms with Crippen molar-refractivity contribution >= 4 is 28.7 Å². The maximum Gasteiger partial charge on any atom is 0.273 e. The number of carbonyl (C=O) groups excluding carboxylic acids is 1. The number of thiazole rings is 1. The van der Waals surface area contributed by atoms with Gasteiger partial charge in [-0.1, -0.05) is 0 Å². The second-order valence-electron chi connectivity index (χ2n) is 7.80. The first-order valence-electron chi connectivity index (χ1n) is 10.7. The molecular formula is C23H24FN5O2S. The minimum Gasteiger partial charge on any atom is -0.378 e. The first kappa shape index (κ1) is 20.8. The highest BCUT2D eigenvalue weighted by molar-refractivity contribution is 7.13. The molecule has 7 nitrogen and oxygen atoms in total. The van der Waals surface area contributed by atoms with Gasteiger partial charge in [-0.25, -0.2) is 14.4 Å². The molecule has 2 saturated heterocycles. The maximum absolute atomic E-state index is 13.2. The summed E-state index contributed by atoms with van der Waals surface area (Å²) in [6, 6.07) is 10.4. The molecule has 32 heavy (non-hydrogen) atoms. The van der Waals surface area contributed by atoms with E-state index in [4.69, 9.17) is 4.74 Å². The Morgan fingerprint density at radius 2 is 1.72 bits per heavy atom. The number of hydrogen-bond acceptors (Lipinski definition) is 7. The lowest BCUT2D eigenvalue weighted by Crippen LogP contribution is -2.48. The van der Waals surface area contributed by atoms with Crippen LogP contribution in [0.15, 0.2) is 48.0 Å². The molecule has 3 aromatic rings. The van der Waals surface area contributed by atoms with Crippen LogP contribution in [0.3, 0.4) is 0 Å². The van der Waals surface area contributed by atoms with Gasteiger partial charge >= 0.3 is 0 Å². The highest BCUT2D eigenvalue weighted by atomic mass is 32.1. The van der Waals surface area contributed by atoms with Crippen molar-refractivity contribution in [2.45, 2.75) is 0 Å². The van der Waals surface area contributed by atoms with Crippen molar-refractivity contribution in [3.63, 3.8) is 0 Å². The van der Waals surface area contributed by atoms with Crippen LogP contribution in [0.4, 0.5) is 15.9 Å². The Labute approximate surface area is 190 Å². The summed E-state index contributed by atoms with van der Waals surface area (Å²) in [6.45, 7) is 5.69. The summed E-state index contributed by atoms with van der Waals surface area (Å²) in [5, 5.41) is 2.65. The van der Waals surface area contributed by atoms with E-state index in [0.29, 0.717) is 45.1 Å². The zero-order valence-corrected chi connectivity index (χ0v) is 18.4. The molecule has 0 aliphatic carbocycles. The molecule has 166 valence electrons. The van der Waals surface area contributed by atoms with Crippen molar-refractivity contribution in [3.05, 3.63) is 59.5 Å². The number of rotatable bonds is 4. The summed E-state index contributed by atoms with van der Waals surface area (Å²) < 4.78 is 18.6. The number of morpholine rings is 1. The van der Waals surface area contributed by atoms with Crippen LogP contribution in [0.2, 0.25) is 0 Å². The number of anilines is 2. The number of piperazine rings is 1. The summed E-state index contributed by atoms with van der Waals surface area (Å²) in [6.07, 6.45) is 1.79. The van der Waals surface area contributed by atoms with Crippen LogP contribution in [0, 0.1) is 5.82 Å². The number of pyridine rings is 1. The predicted octanol–water partition coefficient (Wildman–Crippen LogP) is 3.14. The Balaban J connectivity index is 1.24. The average Bonchev–Trinajstić information content (AvgIpc) is 3.35. The molecular weight excluding hydrogens is 429 g/mol. The molecule has 9 heteroatoms. The van der Waals surface area contributed by atoms with Gasteiger partial charge in [0, 0.05) is 62.1 Å². The van der Waals surface area contributed by atoms with E-state index < -0.39 is 0 Å². The topological polar surface area (TPSA) is 61.8 Å². The van der Waals surface area contributed by atoms with Crippen molar-refractivity contribution in [2.75, 3.05) is 62.3 Å². The largest absolute Gasteiger partial charge is 0.378 e. The fourth-order valence-electron chi connectivity index (χ4n) is 4.00. The number of ether oxygens (including phenoxy) is 1. The highest BCUT2D eigenvalue weighted by Gasteiger charge is 2.24. The van der Waals surface area contributed by atoms with Gasteiger partial charge in [0.05, 0.1) is 13.2 Å². The number of benzene rings is 1. The van der Waals surface area contributed by atoms with E-state index in [0.717, 1.165) is 35.2 Å². The van der Waals surface area contributed by atoms with Crippen LogP contribution in [0.1, 0.15) is 10.5 Å². The zero-order chi connectivity index (χ0) is 21.9. The van der Waals surface area contributed by atoms with Gasteiger partial charge in [0.2, 0.25) is 0 Å². The molecule has 5 rings (SSSR count). The van der Waals surface area contributed by atoms with Gasteiger partial charge < -0.3 is 19.4 Å². The standard InChI is InChI=1S/C23H24FN5O2S/c24-18-1-3-19(4-2-18)27-7-9-29(10-8-27)23(30)20-16-32-22(26-20)17-5-6-25-21(15-17)28-11-13-31-14-12-28/h1-6,15-16H,7-14H2. The van der Waals surface area contributed by atoms with Gasteiger partial charge in [-0.3, -0.25) is 4.79 Å². The van der Waals surface area contributed by atoms with E-state index in [9.17, 15) is 9.18 Å². The molecule has 0 radical (unpaired) electrons. The first-order valence-corrected chi connectivity index (χ1v) is 11.6. The molecule has 1 aromatic carbocycles. The van der Waals surface area contributed by atoms with Gasteiger partial charge in [0.1, 0.15) is 22.3 Å². The summed E-state index contributed by atoms with van der Waals surface area (Å²) >= 11 is 1.47. The van der Waals surface area contributed by atoms with E-state index in [1.165, 1.54) is 23.5 Å². The summed E-state index contributed by atoms with van der Waals surface area (Å²) in [7, 11) is 0. The SMILES string of the molecule is O=C(c1csc(-c2ccnc(N3CCOCC3)c2)n1)N1CCN(c2ccc(F)cc2)CC1. The van der Waals surface area contributed by atoms with Gasteiger partial charge in [-0.15, -0.1) is 11.3 Å². The van der Waals surface area contributed by atoms with E-state index in [2.05, 4.69) is 19.8 Å². The number of aromatic nitrogens is 2. The zero-order valence-electron chi connectivity index (χ0n) is 17.6. The summed E-state index contributed by atoms with van der Waals surface area (Å²) in [5.41, 5.74) is 2.42. The number of amides is 1. The summed E-state index contributed by atoms with van der Waals surface area (Å²) in [4.78, 5) is 28.3. The fourth-order valence-corrected chi connectivity index (χ4v) is 4.79. The van der Waals surface area contributed by atoms with Crippen LogP contribution < -0.4 is 9.80 Å². The Bertz CT molecular complexity index is 1080. The van der Waals surface area contributed by atoms with Crippen LogP contribution in [-0.2, 0) is 4.74 Å². The molecule has 0 saturated carbocycles. The third-order valence-corrected chi connectivity index (χ3v) is 6.70. The lowest BCUT2D eigenvalue weighted by molar-refractivity contribution is 0.0742. The van der Waals surface area contributed by atoms with Gasteiger partial charge in [0.15, 0.2) is 0 Å². The van der Waals surface area contributed by atoms with Crippen molar-refractivity contribution < 1.29 is 13.9 Å². The molecule has 2 aliphatic rings. The lowest BCUT2D eigenvalue weighted by atomic mass is 10.2. The lowest BCUT2D eigenvalue weighted by Gasteiger charge is -2.35. The van der Waals surface area contributed by atoms with Crippen LogP contribution >= 0.6 is 11.3 Å². The average molecular weight is 454 g/mol. The van der Waals surface area contributed by atoms with Crippen molar-refractivity contribution in [1.82, 2.24) is 14.9 Å². The quantitative estimate of drug-likeness (QED) is 0.605. The van der Waals surface area contributed by atoms with Crippen molar-refractivity contribution in [2.24, 2.45) is 0 Å². The number of hydrogen-bond donors (Lipinski definition) is 0. The third kappa shape index (κ3) is 4.44. The Hall–Kier alpha value is -3.04. The minimum absolute atomic E-state index is 0.0475. The molecule has 2 fully saturated rings. The van der Waals surface area contributed by atoms with E-state index >= 15 is 0 Å². The number of halogens is 1. The number of nitrogens with zero attached hydrogens (tertiary/aromatic N) is 5. The van der Waals surface area contributed by atoms with Crippen LogP contribution in [-0.4, -0.2) is 73.3 Å². The fraction of sp³-hybridized carbons (Fsp3) is 0.348. The van der Waals surface area contributed by atoms with Gasteiger partial charge in [0.25, 0.3) is 5.91 Å². The minimum atomic E-state index is -0.242. The van der Waals surface area contributed by atoms with E-state index in [1.807, 2.05) is 22.4 Å². The molecule has 2 aliphatic heterocycles. The van der Waals surface area contributed by atoms with E-state index in [-0.39, 0.29) is 11.7 Å². The van der Waals surface area contributed by atoms with Gasteiger partial charge in [-0.05, 0) is 36.4 Å². The Morgan fingerprint density at radius 1 is 0.969 bits per heavy atom. The number of carbonyl (C=O) groups is 1. The molecule has 4 heterocycles. The smallest absolute Gasteiger partial charge is 0.273 e. The molecule has 1 amide bonds. The van der Waals surface area contributed by atoms with Gasteiger partial charge in [-0.2, -0.15) is 0 Å². The highest BCUT2D eigenvalue weighted by Crippen LogP contribution is 2.27. The Morgan fingerprint density at radius 3 is 2.47 bits per heavy atom. The van der Waals surface area contributed by atoms with Crippen LogP contribution in [0.25, 0.3) is 10.6 Å². The van der Waals surface area contributed by atoms with E-state index in [1.54, 1.807) is 18.3 Å². The van der Waals surface area contributed by atoms with Crippen molar-refractivity contribution in [3.8, 4) is 10.6 Å². The summed E-state index contributed by atoms with van der Waals surface area (Å²) in [5.74, 6) is 0.618. The first-order chi connectivity index (χ1) is 15.7. The molecule has 0 N–H and O–H groups in total. The molecule has 0 spiro atoms. The van der Waals surface area contributed by atoms with Crippen LogP contribution in [0.5, 0.6) is 0 Å². The predicted molar refractivity (Wildman–Crippen MR) is 123 cm³/mol. The molecule has 0 bridgehead atoms. The third-order valence-electron chi connectivity index (χ3n) is 5.81.